The maximum Gasteiger partial charge on any atom is 0.340 e. The van der Waals surface area contributed by atoms with Crippen LogP contribution in [0.2, 0.25) is 0 Å². The number of aromatic amines is 1. The number of imidazole rings is 1. The van der Waals surface area contributed by atoms with Crippen molar-refractivity contribution in [2.45, 2.75) is 0 Å². The second kappa shape index (κ2) is 5.41. The van der Waals surface area contributed by atoms with Crippen molar-refractivity contribution in [2.75, 3.05) is 7.11 Å². The Hall–Kier alpha value is -3.42. The van der Waals surface area contributed by atoms with Gasteiger partial charge in [-0.25, -0.2) is 14.6 Å². The van der Waals surface area contributed by atoms with Gasteiger partial charge in [-0.15, -0.1) is 0 Å². The summed E-state index contributed by atoms with van der Waals surface area (Å²) < 4.78 is 5.02. The SMILES string of the molecule is COc1c(C(=O)O)ccc(-c2nc3ccncc3[nH]2)c1C(=O)O. The van der Waals surface area contributed by atoms with Gasteiger partial charge in [-0.3, -0.25) is 4.98 Å². The van der Waals surface area contributed by atoms with Gasteiger partial charge in [0.05, 0.1) is 24.3 Å². The molecule has 3 rings (SSSR count). The predicted octanol–water partition coefficient (Wildman–Crippen LogP) is 2.03. The average molecular weight is 313 g/mol. The van der Waals surface area contributed by atoms with E-state index in [1.807, 2.05) is 0 Å². The van der Waals surface area contributed by atoms with Gasteiger partial charge in [-0.1, -0.05) is 0 Å². The molecule has 0 unspecified atom stereocenters. The third kappa shape index (κ3) is 2.35. The van der Waals surface area contributed by atoms with Crippen molar-refractivity contribution in [3.05, 3.63) is 41.7 Å². The van der Waals surface area contributed by atoms with Crippen LogP contribution in [0.1, 0.15) is 20.7 Å². The molecule has 0 amide bonds. The summed E-state index contributed by atoms with van der Waals surface area (Å²) in [6.45, 7) is 0. The molecule has 0 fully saturated rings. The molecule has 0 atom stereocenters. The molecule has 0 radical (unpaired) electrons. The number of carboxylic acid groups (broad SMARTS) is 2. The minimum absolute atomic E-state index is 0.221. The summed E-state index contributed by atoms with van der Waals surface area (Å²) in [4.78, 5) is 34.1. The Morgan fingerprint density at radius 1 is 1.17 bits per heavy atom. The van der Waals surface area contributed by atoms with Gasteiger partial charge in [0.15, 0.2) is 0 Å². The van der Waals surface area contributed by atoms with Crippen molar-refractivity contribution in [1.29, 1.82) is 0 Å². The Morgan fingerprint density at radius 2 is 1.96 bits per heavy atom. The molecule has 0 saturated heterocycles. The van der Waals surface area contributed by atoms with Crippen LogP contribution in [0.25, 0.3) is 22.4 Å². The van der Waals surface area contributed by atoms with Gasteiger partial charge in [-0.05, 0) is 18.2 Å². The van der Waals surface area contributed by atoms with Gasteiger partial charge in [0.2, 0.25) is 0 Å². The van der Waals surface area contributed by atoms with Crippen LogP contribution in [-0.4, -0.2) is 44.2 Å². The fourth-order valence-corrected chi connectivity index (χ4v) is 2.36. The van der Waals surface area contributed by atoms with E-state index in [1.54, 1.807) is 18.5 Å². The Bertz CT molecular complexity index is 899. The maximum absolute atomic E-state index is 11.6. The van der Waals surface area contributed by atoms with Crippen molar-refractivity contribution in [2.24, 2.45) is 0 Å². The van der Waals surface area contributed by atoms with Crippen molar-refractivity contribution in [3.63, 3.8) is 0 Å². The molecule has 0 bridgehead atoms. The molecule has 1 aromatic carbocycles. The van der Waals surface area contributed by atoms with Crippen LogP contribution in [0, 0.1) is 0 Å². The molecule has 8 nitrogen and oxygen atoms in total. The average Bonchev–Trinajstić information content (AvgIpc) is 2.96. The summed E-state index contributed by atoms with van der Waals surface area (Å²) in [6, 6.07) is 4.35. The topological polar surface area (TPSA) is 125 Å². The highest BCUT2D eigenvalue weighted by Crippen LogP contribution is 2.33. The number of aromatic nitrogens is 3. The number of nitrogens with one attached hydrogen (secondary N) is 1. The number of carbonyl (C=O) groups is 2. The van der Waals surface area contributed by atoms with E-state index in [1.165, 1.54) is 19.2 Å². The molecule has 8 heteroatoms. The van der Waals surface area contributed by atoms with Crippen LogP contribution in [0.15, 0.2) is 30.6 Å². The molecular formula is C15H11N3O5. The first-order chi connectivity index (χ1) is 11.0. The number of hydrogen-bond acceptors (Lipinski definition) is 5. The Labute approximate surface area is 129 Å². The normalized spacial score (nSPS) is 10.7. The van der Waals surface area contributed by atoms with Gasteiger partial charge in [0.25, 0.3) is 0 Å². The molecule has 0 aliphatic heterocycles. The quantitative estimate of drug-likeness (QED) is 0.672. The minimum Gasteiger partial charge on any atom is -0.495 e. The molecule has 0 aliphatic rings. The van der Waals surface area contributed by atoms with Crippen molar-refractivity contribution < 1.29 is 24.5 Å². The van der Waals surface area contributed by atoms with Gasteiger partial charge in [-0.2, -0.15) is 0 Å². The van der Waals surface area contributed by atoms with Gasteiger partial charge in [0.1, 0.15) is 22.7 Å². The number of aromatic carboxylic acids is 2. The molecule has 3 N–H and O–H groups in total. The van der Waals surface area contributed by atoms with Crippen LogP contribution in [0.5, 0.6) is 5.75 Å². The van der Waals surface area contributed by atoms with E-state index < -0.39 is 11.9 Å². The predicted molar refractivity (Wildman–Crippen MR) is 79.8 cm³/mol. The lowest BCUT2D eigenvalue weighted by molar-refractivity contribution is 0.0691. The van der Waals surface area contributed by atoms with Crippen molar-refractivity contribution in [3.8, 4) is 17.1 Å². The largest absolute Gasteiger partial charge is 0.495 e. The second-order valence-electron chi connectivity index (χ2n) is 4.66. The minimum atomic E-state index is -1.31. The van der Waals surface area contributed by atoms with E-state index in [2.05, 4.69) is 15.0 Å². The maximum atomic E-state index is 11.6. The number of ether oxygens (including phenoxy) is 1. The highest BCUT2D eigenvalue weighted by molar-refractivity contribution is 6.04. The lowest BCUT2D eigenvalue weighted by Crippen LogP contribution is -2.09. The van der Waals surface area contributed by atoms with E-state index >= 15 is 0 Å². The highest BCUT2D eigenvalue weighted by atomic mass is 16.5. The fraction of sp³-hybridized carbons (Fsp3) is 0.0667. The summed E-state index contributed by atoms with van der Waals surface area (Å²) >= 11 is 0. The Balaban J connectivity index is 2.30. The highest BCUT2D eigenvalue weighted by Gasteiger charge is 2.25. The molecular weight excluding hydrogens is 302 g/mol. The summed E-state index contributed by atoms with van der Waals surface area (Å²) in [5.41, 5.74) is 0.995. The van der Waals surface area contributed by atoms with Gasteiger partial charge < -0.3 is 19.9 Å². The van der Waals surface area contributed by atoms with Crippen LogP contribution in [-0.2, 0) is 0 Å². The standard InChI is InChI=1S/C15H11N3O5/c1-23-12-8(14(19)20)3-2-7(11(12)15(21)22)13-17-9-4-5-16-6-10(9)18-13/h2-6H,1H3,(H,17,18)(H,19,20)(H,21,22). The zero-order valence-corrected chi connectivity index (χ0v) is 11.9. The number of benzene rings is 1. The van der Waals surface area contributed by atoms with Crippen molar-refractivity contribution in [1.82, 2.24) is 15.0 Å². The van der Waals surface area contributed by atoms with Crippen LogP contribution in [0.3, 0.4) is 0 Å². The van der Waals surface area contributed by atoms with E-state index in [0.717, 1.165) is 0 Å². The van der Waals surface area contributed by atoms with Gasteiger partial charge in [0, 0.05) is 11.8 Å². The molecule has 0 spiro atoms. The first kappa shape index (κ1) is 14.5. The number of pyridine rings is 1. The molecule has 2 heterocycles. The lowest BCUT2D eigenvalue weighted by Gasteiger charge is -2.11. The van der Waals surface area contributed by atoms with Crippen LogP contribution < -0.4 is 4.74 Å². The summed E-state index contributed by atoms with van der Waals surface area (Å²) in [5.74, 6) is -2.51. The van der Waals surface area contributed by atoms with E-state index in [9.17, 15) is 19.8 Å². The van der Waals surface area contributed by atoms with Crippen LogP contribution in [0.4, 0.5) is 0 Å². The van der Waals surface area contributed by atoms with E-state index in [-0.39, 0.29) is 22.4 Å². The molecule has 3 aromatic rings. The van der Waals surface area contributed by atoms with Crippen LogP contribution >= 0.6 is 0 Å². The van der Waals surface area contributed by atoms with Crippen molar-refractivity contribution >= 4 is 23.0 Å². The molecule has 0 aliphatic carbocycles. The third-order valence-corrected chi connectivity index (χ3v) is 3.34. The van der Waals surface area contributed by atoms with E-state index in [0.29, 0.717) is 16.9 Å². The number of nitrogens with zero attached hydrogens (tertiary/aromatic N) is 2. The summed E-state index contributed by atoms with van der Waals surface area (Å²) in [6.07, 6.45) is 3.13. The fourth-order valence-electron chi connectivity index (χ4n) is 2.36. The zero-order chi connectivity index (χ0) is 16.6. The summed E-state index contributed by atoms with van der Waals surface area (Å²) in [7, 11) is 1.22. The molecule has 0 saturated carbocycles. The third-order valence-electron chi connectivity index (χ3n) is 3.34. The number of methoxy groups -OCH3 is 1. The molecule has 116 valence electrons. The lowest BCUT2D eigenvalue weighted by atomic mass is 10.0. The number of fused-ring (bicyclic) bond motifs is 1. The second-order valence-corrected chi connectivity index (χ2v) is 4.66. The number of H-pyrrole nitrogens is 1. The Kier molecular flexibility index (Phi) is 3.41. The molecule has 23 heavy (non-hydrogen) atoms. The monoisotopic (exact) mass is 313 g/mol. The first-order valence-corrected chi connectivity index (χ1v) is 6.50. The first-order valence-electron chi connectivity index (χ1n) is 6.50. The van der Waals surface area contributed by atoms with E-state index in [4.69, 9.17) is 4.74 Å². The smallest absolute Gasteiger partial charge is 0.340 e. The summed E-state index contributed by atoms with van der Waals surface area (Å²) in [5, 5.41) is 18.7. The number of rotatable bonds is 4. The molecule has 2 aromatic heterocycles. The zero-order valence-electron chi connectivity index (χ0n) is 11.9. The van der Waals surface area contributed by atoms with Gasteiger partial charge >= 0.3 is 11.9 Å². The number of carboxylic acids is 2. The number of hydrogen-bond donors (Lipinski definition) is 3. The Morgan fingerprint density at radius 3 is 2.57 bits per heavy atom.